The van der Waals surface area contributed by atoms with Crippen LogP contribution in [0.15, 0.2) is 5.16 Å². The van der Waals surface area contributed by atoms with Gasteiger partial charge < -0.3 is 9.88 Å². The number of nitrogens with zero attached hydrogens (tertiary/aromatic N) is 3. The molecule has 1 fully saturated rings. The van der Waals surface area contributed by atoms with Crippen LogP contribution < -0.4 is 5.32 Å². The van der Waals surface area contributed by atoms with E-state index >= 15 is 0 Å². The van der Waals surface area contributed by atoms with E-state index in [1.807, 2.05) is 13.3 Å². The maximum absolute atomic E-state index is 4.23. The van der Waals surface area contributed by atoms with Gasteiger partial charge in [0.15, 0.2) is 11.0 Å². The van der Waals surface area contributed by atoms with Crippen LogP contribution in [-0.2, 0) is 7.05 Å². The fraction of sp³-hybridized carbons (Fsp3) is 0.750. The molecule has 0 amide bonds. The van der Waals surface area contributed by atoms with Crippen LogP contribution in [0, 0.1) is 0 Å². The Labute approximate surface area is 82.1 Å². The zero-order valence-corrected chi connectivity index (χ0v) is 8.84. The summed E-state index contributed by atoms with van der Waals surface area (Å²) >= 11 is 1.65. The summed E-state index contributed by atoms with van der Waals surface area (Å²) in [6.45, 7) is 1.23. The molecule has 2 heterocycles. The smallest absolute Gasteiger partial charge is 0.191 e. The highest BCUT2D eigenvalue weighted by molar-refractivity contribution is 7.98. The van der Waals surface area contributed by atoms with Crippen molar-refractivity contribution in [2.24, 2.45) is 7.05 Å². The SMILES string of the molecule is CSc1nnc([C@H]2CCC[NH2+]2)n1C. The first kappa shape index (κ1) is 9.02. The first-order chi connectivity index (χ1) is 6.33. The van der Waals surface area contributed by atoms with Crippen LogP contribution >= 0.6 is 11.8 Å². The highest BCUT2D eigenvalue weighted by Crippen LogP contribution is 2.19. The topological polar surface area (TPSA) is 47.3 Å². The summed E-state index contributed by atoms with van der Waals surface area (Å²) in [7, 11) is 2.05. The Balaban J connectivity index is 2.24. The summed E-state index contributed by atoms with van der Waals surface area (Å²) in [5.74, 6) is 1.13. The van der Waals surface area contributed by atoms with Crippen LogP contribution in [0.25, 0.3) is 0 Å². The minimum absolute atomic E-state index is 0.540. The molecule has 1 aliphatic rings. The third-order valence-electron chi connectivity index (χ3n) is 2.55. The molecule has 2 N–H and O–H groups in total. The summed E-state index contributed by atoms with van der Waals surface area (Å²) in [6, 6.07) is 0.540. The number of quaternary nitrogens is 1. The van der Waals surface area contributed by atoms with Crippen molar-refractivity contribution >= 4 is 11.8 Å². The van der Waals surface area contributed by atoms with Crippen LogP contribution in [0.4, 0.5) is 0 Å². The van der Waals surface area contributed by atoms with Gasteiger partial charge in [0.25, 0.3) is 0 Å². The quantitative estimate of drug-likeness (QED) is 0.679. The average molecular weight is 199 g/mol. The normalized spacial score (nSPS) is 22.5. The number of hydrogen-bond donors (Lipinski definition) is 1. The molecule has 5 heteroatoms. The second-order valence-electron chi connectivity index (χ2n) is 3.38. The number of aromatic nitrogens is 3. The summed E-state index contributed by atoms with van der Waals surface area (Å²) in [5, 5.41) is 11.7. The van der Waals surface area contributed by atoms with Crippen molar-refractivity contribution in [1.29, 1.82) is 0 Å². The van der Waals surface area contributed by atoms with Crippen LogP contribution in [0.2, 0.25) is 0 Å². The molecule has 2 rings (SSSR count). The summed E-state index contributed by atoms with van der Waals surface area (Å²) in [5.41, 5.74) is 0. The molecule has 1 aromatic rings. The number of thioether (sulfide) groups is 1. The molecule has 0 spiro atoms. The molecular weight excluding hydrogens is 184 g/mol. The van der Waals surface area contributed by atoms with Gasteiger partial charge in [-0.3, -0.25) is 0 Å². The molecule has 0 aromatic carbocycles. The molecule has 0 radical (unpaired) electrons. The molecule has 4 nitrogen and oxygen atoms in total. The first-order valence-electron chi connectivity index (χ1n) is 4.59. The predicted octanol–water partition coefficient (Wildman–Crippen LogP) is -0.0647. The van der Waals surface area contributed by atoms with Gasteiger partial charge in [-0.1, -0.05) is 11.8 Å². The second kappa shape index (κ2) is 3.67. The maximum Gasteiger partial charge on any atom is 0.191 e. The lowest BCUT2D eigenvalue weighted by Crippen LogP contribution is -2.82. The van der Waals surface area contributed by atoms with Gasteiger partial charge >= 0.3 is 0 Å². The van der Waals surface area contributed by atoms with E-state index in [9.17, 15) is 0 Å². The van der Waals surface area contributed by atoms with E-state index in [1.165, 1.54) is 19.4 Å². The van der Waals surface area contributed by atoms with Gasteiger partial charge in [-0.05, 0) is 6.26 Å². The Morgan fingerprint density at radius 2 is 2.38 bits per heavy atom. The van der Waals surface area contributed by atoms with Crippen molar-refractivity contribution in [3.8, 4) is 0 Å². The number of rotatable bonds is 2. The lowest BCUT2D eigenvalue weighted by Gasteiger charge is -2.05. The number of nitrogens with two attached hydrogens (primary N) is 1. The van der Waals surface area contributed by atoms with Crippen LogP contribution in [0.3, 0.4) is 0 Å². The molecule has 1 atom stereocenters. The highest BCUT2D eigenvalue weighted by Gasteiger charge is 2.25. The Bertz CT molecular complexity index is 290. The molecule has 0 saturated carbocycles. The molecule has 0 unspecified atom stereocenters. The summed E-state index contributed by atoms with van der Waals surface area (Å²) in [6.07, 6.45) is 4.57. The largest absolute Gasteiger partial charge is 0.337 e. The monoisotopic (exact) mass is 199 g/mol. The standard InChI is InChI=1S/C8H14N4S/c1-12-7(6-4-3-5-9-6)10-11-8(12)13-2/h6,9H,3-5H2,1-2H3/p+1/t6-/m1/s1. The maximum atomic E-state index is 4.23. The van der Waals surface area contributed by atoms with Crippen molar-refractivity contribution in [2.45, 2.75) is 24.0 Å². The van der Waals surface area contributed by atoms with Gasteiger partial charge in [0.1, 0.15) is 6.04 Å². The van der Waals surface area contributed by atoms with Crippen LogP contribution in [0.5, 0.6) is 0 Å². The zero-order valence-electron chi connectivity index (χ0n) is 8.03. The molecular formula is C8H15N4S+. The molecule has 0 bridgehead atoms. The lowest BCUT2D eigenvalue weighted by atomic mass is 10.2. The van der Waals surface area contributed by atoms with E-state index in [0.29, 0.717) is 6.04 Å². The van der Waals surface area contributed by atoms with E-state index in [2.05, 4.69) is 20.1 Å². The first-order valence-corrected chi connectivity index (χ1v) is 5.82. The van der Waals surface area contributed by atoms with Crippen molar-refractivity contribution in [1.82, 2.24) is 14.8 Å². The number of hydrogen-bond acceptors (Lipinski definition) is 3. The van der Waals surface area contributed by atoms with Gasteiger partial charge in [-0.15, -0.1) is 10.2 Å². The lowest BCUT2D eigenvalue weighted by molar-refractivity contribution is -0.677. The highest BCUT2D eigenvalue weighted by atomic mass is 32.2. The third-order valence-corrected chi connectivity index (χ3v) is 3.27. The molecule has 13 heavy (non-hydrogen) atoms. The van der Waals surface area contributed by atoms with E-state index in [4.69, 9.17) is 0 Å². The van der Waals surface area contributed by atoms with E-state index in [-0.39, 0.29) is 0 Å². The Morgan fingerprint density at radius 1 is 1.54 bits per heavy atom. The van der Waals surface area contributed by atoms with Gasteiger partial charge in [0, 0.05) is 19.9 Å². The molecule has 1 aliphatic heterocycles. The zero-order chi connectivity index (χ0) is 9.26. The van der Waals surface area contributed by atoms with E-state index in [0.717, 1.165) is 11.0 Å². The summed E-state index contributed by atoms with van der Waals surface area (Å²) < 4.78 is 2.11. The third kappa shape index (κ3) is 1.58. The molecule has 1 saturated heterocycles. The van der Waals surface area contributed by atoms with Gasteiger partial charge in [-0.25, -0.2) is 0 Å². The average Bonchev–Trinajstić information content (AvgIpc) is 2.72. The van der Waals surface area contributed by atoms with Crippen molar-refractivity contribution in [3.05, 3.63) is 5.82 Å². The van der Waals surface area contributed by atoms with Crippen molar-refractivity contribution in [3.63, 3.8) is 0 Å². The Morgan fingerprint density at radius 3 is 2.92 bits per heavy atom. The van der Waals surface area contributed by atoms with E-state index in [1.54, 1.807) is 11.8 Å². The molecule has 0 aliphatic carbocycles. The minimum Gasteiger partial charge on any atom is -0.337 e. The Kier molecular flexibility index (Phi) is 2.55. The van der Waals surface area contributed by atoms with Crippen LogP contribution in [0.1, 0.15) is 24.7 Å². The molecule has 1 aromatic heterocycles. The van der Waals surface area contributed by atoms with Gasteiger partial charge in [0.05, 0.1) is 6.54 Å². The minimum atomic E-state index is 0.540. The fourth-order valence-electron chi connectivity index (χ4n) is 1.84. The van der Waals surface area contributed by atoms with Crippen LogP contribution in [-0.4, -0.2) is 27.6 Å². The molecule has 72 valence electrons. The van der Waals surface area contributed by atoms with Crippen molar-refractivity contribution in [2.75, 3.05) is 12.8 Å². The van der Waals surface area contributed by atoms with Gasteiger partial charge in [-0.2, -0.15) is 0 Å². The van der Waals surface area contributed by atoms with Crippen molar-refractivity contribution < 1.29 is 5.32 Å². The Hall–Kier alpha value is -0.550. The van der Waals surface area contributed by atoms with Gasteiger partial charge in [0.2, 0.25) is 0 Å². The second-order valence-corrected chi connectivity index (χ2v) is 4.15. The fourth-order valence-corrected chi connectivity index (χ4v) is 2.33. The predicted molar refractivity (Wildman–Crippen MR) is 51.6 cm³/mol. The van der Waals surface area contributed by atoms with E-state index < -0.39 is 0 Å². The summed E-state index contributed by atoms with van der Waals surface area (Å²) in [4.78, 5) is 0.